The van der Waals surface area contributed by atoms with Crippen LogP contribution in [-0.4, -0.2) is 17.6 Å². The lowest BCUT2D eigenvalue weighted by Gasteiger charge is -2.15. The second-order valence-electron chi connectivity index (χ2n) is 6.18. The van der Waals surface area contributed by atoms with Crippen LogP contribution in [0.15, 0.2) is 40.9 Å². The number of amides is 1. The quantitative estimate of drug-likeness (QED) is 0.467. The number of hydrogen-bond donors (Lipinski definition) is 2. The monoisotopic (exact) mass is 488 g/mol. The average Bonchev–Trinajstić information content (AvgIpc) is 2.59. The van der Waals surface area contributed by atoms with Crippen molar-refractivity contribution in [1.29, 1.82) is 0 Å². The first-order valence-electron chi connectivity index (χ1n) is 8.26. The molecule has 0 aliphatic carbocycles. The summed E-state index contributed by atoms with van der Waals surface area (Å²) >= 11 is 20.7. The molecule has 0 saturated carbocycles. The van der Waals surface area contributed by atoms with Gasteiger partial charge in [0.2, 0.25) is 0 Å². The summed E-state index contributed by atoms with van der Waals surface area (Å²) < 4.78 is 6.54. The van der Waals surface area contributed by atoms with Crippen LogP contribution in [0.5, 0.6) is 5.75 Å². The number of rotatable bonds is 6. The van der Waals surface area contributed by atoms with Crippen LogP contribution in [0.4, 0.5) is 5.69 Å². The fourth-order valence-corrected chi connectivity index (χ4v) is 3.05. The maximum atomic E-state index is 12.7. The van der Waals surface area contributed by atoms with Crippen LogP contribution in [0.2, 0.25) is 10.0 Å². The molecule has 27 heavy (non-hydrogen) atoms. The van der Waals surface area contributed by atoms with Crippen LogP contribution >= 0.6 is 51.3 Å². The molecule has 0 aliphatic heterocycles. The summed E-state index contributed by atoms with van der Waals surface area (Å²) in [4.78, 5) is 12.7. The summed E-state index contributed by atoms with van der Waals surface area (Å²) in [7, 11) is 0. The molecule has 0 spiro atoms. The molecular weight excluding hydrogens is 471 g/mol. The first kappa shape index (κ1) is 22.0. The highest BCUT2D eigenvalue weighted by molar-refractivity contribution is 9.10. The Labute approximate surface area is 182 Å². The first-order valence-corrected chi connectivity index (χ1v) is 10.2. The van der Waals surface area contributed by atoms with Crippen LogP contribution in [-0.2, 0) is 0 Å². The third-order valence-electron chi connectivity index (χ3n) is 3.57. The van der Waals surface area contributed by atoms with E-state index in [1.165, 1.54) is 0 Å². The van der Waals surface area contributed by atoms with Crippen LogP contribution in [0.3, 0.4) is 0 Å². The topological polar surface area (TPSA) is 50.4 Å². The lowest BCUT2D eigenvalue weighted by atomic mass is 10.1. The minimum Gasteiger partial charge on any atom is -0.493 e. The highest BCUT2D eigenvalue weighted by Gasteiger charge is 2.16. The number of halogens is 3. The smallest absolute Gasteiger partial charge is 0.261 e. The van der Waals surface area contributed by atoms with Gasteiger partial charge < -0.3 is 10.1 Å². The lowest BCUT2D eigenvalue weighted by molar-refractivity contribution is 0.0973. The molecule has 0 radical (unpaired) electrons. The minimum absolute atomic E-state index is 0.109. The Morgan fingerprint density at radius 2 is 2.00 bits per heavy atom. The van der Waals surface area contributed by atoms with Gasteiger partial charge in [0.25, 0.3) is 5.91 Å². The summed E-state index contributed by atoms with van der Waals surface area (Å²) in [5.41, 5.74) is 0.895. The third kappa shape index (κ3) is 6.64. The highest BCUT2D eigenvalue weighted by Crippen LogP contribution is 2.29. The predicted octanol–water partition coefficient (Wildman–Crippen LogP) is 6.31. The van der Waals surface area contributed by atoms with Gasteiger partial charge in [-0.1, -0.05) is 59.0 Å². The number of hydrogen-bond acceptors (Lipinski definition) is 3. The molecule has 0 heterocycles. The van der Waals surface area contributed by atoms with Gasteiger partial charge in [-0.3, -0.25) is 10.1 Å². The summed E-state index contributed by atoms with van der Waals surface area (Å²) in [5.74, 6) is 0.628. The van der Waals surface area contributed by atoms with E-state index in [1.54, 1.807) is 30.3 Å². The van der Waals surface area contributed by atoms with E-state index in [0.717, 1.165) is 10.9 Å². The molecule has 144 valence electrons. The second kappa shape index (κ2) is 10.3. The van der Waals surface area contributed by atoms with Crippen molar-refractivity contribution in [2.75, 3.05) is 11.9 Å². The van der Waals surface area contributed by atoms with Gasteiger partial charge in [0.05, 0.1) is 27.9 Å². The molecule has 1 amide bonds. The zero-order valence-corrected chi connectivity index (χ0v) is 18.7. The van der Waals surface area contributed by atoms with Crippen molar-refractivity contribution in [3.05, 3.63) is 56.5 Å². The molecule has 2 aromatic carbocycles. The number of nitrogens with one attached hydrogen (secondary N) is 2. The van der Waals surface area contributed by atoms with E-state index in [1.807, 2.05) is 6.07 Å². The van der Waals surface area contributed by atoms with Crippen molar-refractivity contribution < 1.29 is 9.53 Å². The fraction of sp³-hybridized carbons (Fsp3) is 0.263. The minimum atomic E-state index is -0.383. The van der Waals surface area contributed by atoms with E-state index in [2.05, 4.69) is 40.4 Å². The van der Waals surface area contributed by atoms with Crippen LogP contribution in [0, 0.1) is 5.92 Å². The normalized spacial score (nSPS) is 10.6. The fourth-order valence-electron chi connectivity index (χ4n) is 2.13. The summed E-state index contributed by atoms with van der Waals surface area (Å²) in [5, 5.41) is 6.34. The van der Waals surface area contributed by atoms with Crippen molar-refractivity contribution in [3.8, 4) is 5.75 Å². The Balaban J connectivity index is 2.09. The molecule has 2 N–H and O–H groups in total. The Bertz CT molecular complexity index is 846. The van der Waals surface area contributed by atoms with Gasteiger partial charge in [-0.25, -0.2) is 0 Å². The molecule has 0 fully saturated rings. The molecule has 8 heteroatoms. The average molecular weight is 490 g/mol. The number of anilines is 1. The van der Waals surface area contributed by atoms with Crippen LogP contribution < -0.4 is 15.4 Å². The second-order valence-corrected chi connectivity index (χ2v) is 8.29. The van der Waals surface area contributed by atoms with E-state index in [0.29, 0.717) is 39.6 Å². The first-order chi connectivity index (χ1) is 12.8. The molecule has 0 unspecified atom stereocenters. The van der Waals surface area contributed by atoms with Crippen LogP contribution in [0.1, 0.15) is 30.6 Å². The zero-order valence-electron chi connectivity index (χ0n) is 14.8. The summed E-state index contributed by atoms with van der Waals surface area (Å²) in [6, 6.07) is 10.4. The van der Waals surface area contributed by atoms with Gasteiger partial charge in [-0.05, 0) is 54.9 Å². The van der Waals surface area contributed by atoms with E-state index >= 15 is 0 Å². The molecule has 2 rings (SSSR count). The number of carbonyl (C=O) groups excluding carboxylic acids is 1. The van der Waals surface area contributed by atoms with Gasteiger partial charge in [0.1, 0.15) is 5.75 Å². The molecule has 0 saturated heterocycles. The Kier molecular flexibility index (Phi) is 8.35. The largest absolute Gasteiger partial charge is 0.493 e. The van der Waals surface area contributed by atoms with Crippen molar-refractivity contribution in [2.45, 2.75) is 20.3 Å². The highest BCUT2D eigenvalue weighted by atomic mass is 79.9. The molecule has 0 bridgehead atoms. The van der Waals surface area contributed by atoms with Crippen molar-refractivity contribution in [1.82, 2.24) is 5.32 Å². The van der Waals surface area contributed by atoms with E-state index in [4.69, 9.17) is 40.2 Å². The molecule has 0 aliphatic rings. The van der Waals surface area contributed by atoms with E-state index < -0.39 is 0 Å². The van der Waals surface area contributed by atoms with Gasteiger partial charge in [0, 0.05) is 4.47 Å². The van der Waals surface area contributed by atoms with E-state index in [9.17, 15) is 4.79 Å². The molecule has 4 nitrogen and oxygen atoms in total. The molecule has 0 atom stereocenters. The Morgan fingerprint density at radius 1 is 1.26 bits per heavy atom. The Morgan fingerprint density at radius 3 is 2.70 bits per heavy atom. The summed E-state index contributed by atoms with van der Waals surface area (Å²) in [6.07, 6.45) is 0.893. The number of carbonyl (C=O) groups is 1. The molecular formula is C19H19BrCl2N2O2S. The van der Waals surface area contributed by atoms with E-state index in [-0.39, 0.29) is 11.0 Å². The number of thiocarbonyl (C=S) groups is 1. The maximum Gasteiger partial charge on any atom is 0.261 e. The van der Waals surface area contributed by atoms with Crippen LogP contribution in [0.25, 0.3) is 0 Å². The van der Waals surface area contributed by atoms with Gasteiger partial charge in [-0.15, -0.1) is 0 Å². The molecule has 2 aromatic rings. The van der Waals surface area contributed by atoms with Gasteiger partial charge in [0.15, 0.2) is 5.11 Å². The lowest BCUT2D eigenvalue weighted by Crippen LogP contribution is -2.34. The maximum absolute atomic E-state index is 12.7. The SMILES string of the molecule is CC(C)CCOc1ccc(Br)cc1C(=O)NC(=S)Nc1cccc(Cl)c1Cl. The van der Waals surface area contributed by atoms with Crippen molar-refractivity contribution in [2.24, 2.45) is 5.92 Å². The predicted molar refractivity (Wildman–Crippen MR) is 119 cm³/mol. The summed E-state index contributed by atoms with van der Waals surface area (Å²) in [6.45, 7) is 4.76. The number of ether oxygens (including phenoxy) is 1. The van der Waals surface area contributed by atoms with Gasteiger partial charge >= 0.3 is 0 Å². The zero-order chi connectivity index (χ0) is 20.0. The Hall–Kier alpha value is -1.34. The third-order valence-corrected chi connectivity index (χ3v) is 5.08. The van der Waals surface area contributed by atoms with Crippen molar-refractivity contribution in [3.63, 3.8) is 0 Å². The van der Waals surface area contributed by atoms with Gasteiger partial charge in [-0.2, -0.15) is 0 Å². The standard InChI is InChI=1S/C19H19BrCl2N2O2S/c1-11(2)8-9-26-16-7-6-12(20)10-13(16)18(25)24-19(27)23-15-5-3-4-14(21)17(15)22/h3-7,10-11H,8-9H2,1-2H3,(H2,23,24,25,27). The molecule has 0 aromatic heterocycles. The number of benzene rings is 2. The van der Waals surface area contributed by atoms with Crippen molar-refractivity contribution >= 4 is 68.1 Å².